The summed E-state index contributed by atoms with van der Waals surface area (Å²) in [5, 5.41) is 0. The van der Waals surface area contributed by atoms with Gasteiger partial charge < -0.3 is 9.64 Å². The molecule has 22 heavy (non-hydrogen) atoms. The minimum absolute atomic E-state index is 0.0568. The van der Waals surface area contributed by atoms with Crippen LogP contribution in [0.4, 0.5) is 0 Å². The number of ether oxygens (including phenoxy) is 1. The fourth-order valence-electron chi connectivity index (χ4n) is 3.69. The molecule has 1 saturated carbocycles. The highest BCUT2D eigenvalue weighted by Crippen LogP contribution is 2.33. The largest absolute Gasteiger partial charge is 0.371 e. The fraction of sp³-hybridized carbons (Fsp3) is 0.667. The molecule has 4 nitrogen and oxygen atoms in total. The van der Waals surface area contributed by atoms with E-state index in [1.165, 1.54) is 25.7 Å². The summed E-state index contributed by atoms with van der Waals surface area (Å²) in [7, 11) is 0. The molecule has 0 aromatic carbocycles. The van der Waals surface area contributed by atoms with Crippen molar-refractivity contribution in [3.63, 3.8) is 0 Å². The minimum atomic E-state index is -0.0568. The van der Waals surface area contributed by atoms with Crippen molar-refractivity contribution in [3.05, 3.63) is 30.1 Å². The van der Waals surface area contributed by atoms with Crippen molar-refractivity contribution in [1.29, 1.82) is 0 Å². The Kier molecular flexibility index (Phi) is 5.08. The lowest BCUT2D eigenvalue weighted by Crippen LogP contribution is -2.53. The summed E-state index contributed by atoms with van der Waals surface area (Å²) in [6, 6.07) is 3.96. The van der Waals surface area contributed by atoms with Crippen LogP contribution in [-0.4, -0.2) is 41.1 Å². The van der Waals surface area contributed by atoms with Crippen molar-refractivity contribution in [2.75, 3.05) is 19.7 Å². The van der Waals surface area contributed by atoms with E-state index in [9.17, 15) is 4.79 Å². The highest BCUT2D eigenvalue weighted by Gasteiger charge is 2.38. The Morgan fingerprint density at radius 2 is 2.09 bits per heavy atom. The first-order valence-electron chi connectivity index (χ1n) is 8.58. The molecule has 0 unspecified atom stereocenters. The maximum absolute atomic E-state index is 12.5. The summed E-state index contributed by atoms with van der Waals surface area (Å²) in [6.45, 7) is 2.23. The van der Waals surface area contributed by atoms with Crippen molar-refractivity contribution >= 4 is 5.91 Å². The molecule has 1 saturated heterocycles. The van der Waals surface area contributed by atoms with E-state index < -0.39 is 0 Å². The fourth-order valence-corrected chi connectivity index (χ4v) is 3.69. The summed E-state index contributed by atoms with van der Waals surface area (Å²) in [4.78, 5) is 18.7. The van der Waals surface area contributed by atoms with Crippen LogP contribution in [0.3, 0.4) is 0 Å². The van der Waals surface area contributed by atoms with Crippen molar-refractivity contribution in [2.24, 2.45) is 0 Å². The first-order chi connectivity index (χ1) is 10.8. The van der Waals surface area contributed by atoms with Crippen LogP contribution in [0.15, 0.2) is 24.5 Å². The summed E-state index contributed by atoms with van der Waals surface area (Å²) in [5.74, 6) is 0.260. The van der Waals surface area contributed by atoms with Gasteiger partial charge in [0.25, 0.3) is 0 Å². The van der Waals surface area contributed by atoms with Gasteiger partial charge >= 0.3 is 0 Å². The SMILES string of the molecule is O=C(CCc1cccnc1)N1CCOC2(CCCCCC2)C1. The number of aromatic nitrogens is 1. The molecular weight excluding hydrogens is 276 g/mol. The standard InChI is InChI=1S/C18H26N2O2/c21-17(8-7-16-6-5-11-19-14-16)20-12-13-22-18(15-20)9-3-1-2-4-10-18/h5-6,11,14H,1-4,7-10,12-13,15H2. The van der Waals surface area contributed by atoms with Crippen molar-refractivity contribution in [3.8, 4) is 0 Å². The van der Waals surface area contributed by atoms with E-state index >= 15 is 0 Å². The van der Waals surface area contributed by atoms with Gasteiger partial charge in [-0.05, 0) is 30.9 Å². The number of carbonyl (C=O) groups excluding carboxylic acids is 1. The zero-order valence-electron chi connectivity index (χ0n) is 13.3. The molecule has 1 amide bonds. The molecule has 0 radical (unpaired) electrons. The molecule has 1 aliphatic heterocycles. The van der Waals surface area contributed by atoms with Gasteiger partial charge in [0.1, 0.15) is 0 Å². The molecule has 4 heteroatoms. The van der Waals surface area contributed by atoms with Gasteiger partial charge in [0.15, 0.2) is 0 Å². The highest BCUT2D eigenvalue weighted by molar-refractivity contribution is 5.76. The van der Waals surface area contributed by atoms with Gasteiger partial charge in [-0.25, -0.2) is 0 Å². The minimum Gasteiger partial charge on any atom is -0.371 e. The monoisotopic (exact) mass is 302 g/mol. The van der Waals surface area contributed by atoms with E-state index in [1.54, 1.807) is 6.20 Å². The molecule has 3 rings (SSSR count). The number of aryl methyl sites for hydroxylation is 1. The Morgan fingerprint density at radius 1 is 1.27 bits per heavy atom. The Hall–Kier alpha value is -1.42. The molecule has 120 valence electrons. The lowest BCUT2D eigenvalue weighted by Gasteiger charge is -2.42. The zero-order chi connectivity index (χ0) is 15.3. The number of amides is 1. The third-order valence-electron chi connectivity index (χ3n) is 4.97. The van der Waals surface area contributed by atoms with E-state index in [0.717, 1.165) is 37.9 Å². The Labute approximate surface area is 132 Å². The predicted octanol–water partition coefficient (Wildman–Crippen LogP) is 2.97. The Morgan fingerprint density at radius 3 is 2.82 bits per heavy atom. The second-order valence-electron chi connectivity index (χ2n) is 6.62. The van der Waals surface area contributed by atoms with E-state index in [-0.39, 0.29) is 11.5 Å². The van der Waals surface area contributed by atoms with Gasteiger partial charge in [0.05, 0.1) is 12.2 Å². The summed E-state index contributed by atoms with van der Waals surface area (Å²) < 4.78 is 6.13. The number of pyridine rings is 1. The molecule has 2 aliphatic rings. The molecule has 0 atom stereocenters. The molecule has 1 aromatic heterocycles. The van der Waals surface area contributed by atoms with Gasteiger partial charge in [0, 0.05) is 31.9 Å². The van der Waals surface area contributed by atoms with Gasteiger partial charge in [-0.2, -0.15) is 0 Å². The van der Waals surface area contributed by atoms with Crippen LogP contribution < -0.4 is 0 Å². The van der Waals surface area contributed by atoms with Gasteiger partial charge in [-0.3, -0.25) is 9.78 Å². The normalized spacial score (nSPS) is 21.5. The summed E-state index contributed by atoms with van der Waals surface area (Å²) >= 11 is 0. The molecule has 2 fully saturated rings. The van der Waals surface area contributed by atoms with Gasteiger partial charge in [-0.15, -0.1) is 0 Å². The Balaban J connectivity index is 1.55. The first kappa shape index (κ1) is 15.5. The molecule has 0 bridgehead atoms. The van der Waals surface area contributed by atoms with Crippen LogP contribution in [-0.2, 0) is 16.0 Å². The van der Waals surface area contributed by atoms with Crippen LogP contribution in [0.5, 0.6) is 0 Å². The van der Waals surface area contributed by atoms with Crippen LogP contribution >= 0.6 is 0 Å². The van der Waals surface area contributed by atoms with E-state index in [2.05, 4.69) is 4.98 Å². The maximum Gasteiger partial charge on any atom is 0.223 e. The molecule has 2 heterocycles. The van der Waals surface area contributed by atoms with Gasteiger partial charge in [-0.1, -0.05) is 31.7 Å². The van der Waals surface area contributed by atoms with Crippen LogP contribution in [0.1, 0.15) is 50.5 Å². The second kappa shape index (κ2) is 7.23. The highest BCUT2D eigenvalue weighted by atomic mass is 16.5. The van der Waals surface area contributed by atoms with Crippen LogP contribution in [0, 0.1) is 0 Å². The van der Waals surface area contributed by atoms with E-state index in [1.807, 2.05) is 23.2 Å². The number of hydrogen-bond acceptors (Lipinski definition) is 3. The molecule has 0 N–H and O–H groups in total. The maximum atomic E-state index is 12.5. The third kappa shape index (κ3) is 3.86. The molecular formula is C18H26N2O2. The first-order valence-corrected chi connectivity index (χ1v) is 8.58. The number of carbonyl (C=O) groups is 1. The summed E-state index contributed by atoms with van der Waals surface area (Å²) in [6.07, 6.45) is 12.3. The second-order valence-corrected chi connectivity index (χ2v) is 6.62. The van der Waals surface area contributed by atoms with Gasteiger partial charge in [0.2, 0.25) is 5.91 Å². The number of hydrogen-bond donors (Lipinski definition) is 0. The molecule has 1 aromatic rings. The third-order valence-corrected chi connectivity index (χ3v) is 4.97. The number of morpholine rings is 1. The van der Waals surface area contributed by atoms with E-state index in [4.69, 9.17) is 4.74 Å². The average molecular weight is 302 g/mol. The van der Waals surface area contributed by atoms with Crippen molar-refractivity contribution in [1.82, 2.24) is 9.88 Å². The van der Waals surface area contributed by atoms with Crippen molar-refractivity contribution in [2.45, 2.75) is 57.0 Å². The van der Waals surface area contributed by atoms with Crippen LogP contribution in [0.25, 0.3) is 0 Å². The quantitative estimate of drug-likeness (QED) is 0.862. The zero-order valence-corrected chi connectivity index (χ0v) is 13.3. The Bertz CT molecular complexity index is 481. The van der Waals surface area contributed by atoms with E-state index in [0.29, 0.717) is 13.0 Å². The van der Waals surface area contributed by atoms with Crippen LogP contribution in [0.2, 0.25) is 0 Å². The predicted molar refractivity (Wildman–Crippen MR) is 85.5 cm³/mol. The lowest BCUT2D eigenvalue weighted by atomic mass is 9.92. The number of nitrogens with zero attached hydrogens (tertiary/aromatic N) is 2. The summed E-state index contributed by atoms with van der Waals surface area (Å²) in [5.41, 5.74) is 1.08. The average Bonchev–Trinajstić information content (AvgIpc) is 2.79. The smallest absolute Gasteiger partial charge is 0.223 e. The molecule has 1 spiro atoms. The topological polar surface area (TPSA) is 42.4 Å². The lowest BCUT2D eigenvalue weighted by molar-refractivity contribution is -0.153. The van der Waals surface area contributed by atoms with Crippen molar-refractivity contribution < 1.29 is 9.53 Å². The number of rotatable bonds is 3. The molecule has 1 aliphatic carbocycles.